The maximum Gasteiger partial charge on any atom is 0.272 e. The Morgan fingerprint density at radius 2 is 2.00 bits per heavy atom. The number of benzene rings is 1. The number of carbonyl (C=O) groups is 2. The fraction of sp³-hybridized carbons (Fsp3) is 0.263. The van der Waals surface area contributed by atoms with Crippen LogP contribution in [0.15, 0.2) is 24.8 Å². The molecule has 0 aliphatic carbocycles. The van der Waals surface area contributed by atoms with Gasteiger partial charge in [0.1, 0.15) is 11.5 Å². The van der Waals surface area contributed by atoms with Crippen LogP contribution in [0, 0.1) is 19.7 Å². The van der Waals surface area contributed by atoms with E-state index in [0.717, 1.165) is 0 Å². The minimum Gasteiger partial charge on any atom is -0.345 e. The van der Waals surface area contributed by atoms with Gasteiger partial charge in [0.05, 0.1) is 11.6 Å². The summed E-state index contributed by atoms with van der Waals surface area (Å²) in [5.74, 6) is -0.899. The van der Waals surface area contributed by atoms with E-state index in [1.165, 1.54) is 12.1 Å². The molecular weight excluding hydrogens is 321 g/mol. The van der Waals surface area contributed by atoms with Crippen molar-refractivity contribution in [1.29, 1.82) is 0 Å². The van der Waals surface area contributed by atoms with Gasteiger partial charge in [-0.15, -0.1) is 0 Å². The van der Waals surface area contributed by atoms with E-state index in [1.54, 1.807) is 31.5 Å². The number of hydrogen-bond acceptors (Lipinski definition) is 2. The monoisotopic (exact) mass is 341 g/mol. The predicted molar refractivity (Wildman–Crippen MR) is 95.2 cm³/mol. The molecule has 25 heavy (non-hydrogen) atoms. The Hall–Kier alpha value is -2.89. The van der Waals surface area contributed by atoms with Crippen molar-refractivity contribution >= 4 is 23.1 Å². The lowest BCUT2D eigenvalue weighted by Crippen LogP contribution is -2.38. The number of anilines is 1. The molecule has 3 rings (SSSR count). The number of amides is 2. The van der Waals surface area contributed by atoms with Crippen LogP contribution in [0.2, 0.25) is 0 Å². The van der Waals surface area contributed by atoms with E-state index in [2.05, 4.69) is 17.2 Å². The molecule has 2 heterocycles. The molecule has 1 aliphatic heterocycles. The molecule has 2 aromatic rings. The van der Waals surface area contributed by atoms with Crippen LogP contribution in [0.25, 0.3) is 5.57 Å². The zero-order valence-corrected chi connectivity index (χ0v) is 14.7. The van der Waals surface area contributed by atoms with E-state index in [9.17, 15) is 14.0 Å². The first-order valence-corrected chi connectivity index (χ1v) is 7.99. The lowest BCUT2D eigenvalue weighted by atomic mass is 9.92. The van der Waals surface area contributed by atoms with Crippen LogP contribution in [0.1, 0.15) is 44.6 Å². The number of nitrogens with one attached hydrogen (secondary N) is 2. The molecule has 2 amide bonds. The van der Waals surface area contributed by atoms with E-state index in [4.69, 9.17) is 0 Å². The summed E-state index contributed by atoms with van der Waals surface area (Å²) in [6.45, 7) is 9.30. The molecule has 1 aliphatic rings. The second-order valence-corrected chi connectivity index (χ2v) is 6.38. The Morgan fingerprint density at radius 1 is 1.32 bits per heavy atom. The zero-order chi connectivity index (χ0) is 18.5. The lowest BCUT2D eigenvalue weighted by molar-refractivity contribution is 0.0942. The number of nitrogens with zero attached hydrogens (tertiary/aromatic N) is 1. The summed E-state index contributed by atoms with van der Waals surface area (Å²) in [6, 6.07) is 4.14. The molecule has 0 radical (unpaired) electrons. The fourth-order valence-corrected chi connectivity index (χ4v) is 3.14. The summed E-state index contributed by atoms with van der Waals surface area (Å²) < 4.78 is 15.1. The van der Waals surface area contributed by atoms with Crippen molar-refractivity contribution < 1.29 is 14.0 Å². The van der Waals surface area contributed by atoms with Gasteiger partial charge < -0.3 is 15.2 Å². The predicted octanol–water partition coefficient (Wildman–Crippen LogP) is 3.18. The minimum absolute atomic E-state index is 0.209. The first-order valence-electron chi connectivity index (χ1n) is 7.99. The zero-order valence-electron chi connectivity index (χ0n) is 14.7. The van der Waals surface area contributed by atoms with Crippen molar-refractivity contribution in [1.82, 2.24) is 9.88 Å². The average Bonchev–Trinajstić information content (AvgIpc) is 2.81. The molecule has 0 saturated heterocycles. The van der Waals surface area contributed by atoms with E-state index < -0.39 is 0 Å². The molecule has 2 N–H and O–H groups in total. The Balaban J connectivity index is 2.07. The number of aryl methyl sites for hydroxylation is 1. The van der Waals surface area contributed by atoms with Gasteiger partial charge in [-0.25, -0.2) is 4.39 Å². The Labute approximate surface area is 145 Å². The van der Waals surface area contributed by atoms with E-state index in [0.29, 0.717) is 39.3 Å². The standard InChI is InChI=1S/C19H20FN3O2/c1-9-8-13(6-7-14(9)20)22-19(25)17-15-10(2)11(3)21-18(24)16(15)12(4)23(17)5/h6-8,11H,2H2,1,3-5H3,(H,21,24)(H,22,25). The van der Waals surface area contributed by atoms with Crippen molar-refractivity contribution in [3.05, 3.63) is 58.7 Å². The molecule has 0 saturated carbocycles. The number of halogens is 1. The summed E-state index contributed by atoms with van der Waals surface area (Å²) in [5.41, 5.74) is 3.76. The number of carbonyl (C=O) groups excluding carboxylic acids is 2. The van der Waals surface area contributed by atoms with E-state index in [1.807, 2.05) is 6.92 Å². The third kappa shape index (κ3) is 2.63. The molecule has 1 aromatic heterocycles. The molecule has 6 heteroatoms. The van der Waals surface area contributed by atoms with Gasteiger partial charge in [-0.05, 0) is 50.1 Å². The van der Waals surface area contributed by atoms with Crippen molar-refractivity contribution in [2.45, 2.75) is 26.8 Å². The largest absolute Gasteiger partial charge is 0.345 e. The number of hydrogen-bond donors (Lipinski definition) is 2. The molecule has 5 nitrogen and oxygen atoms in total. The third-order valence-electron chi connectivity index (χ3n) is 4.74. The average molecular weight is 341 g/mol. The van der Waals surface area contributed by atoms with Gasteiger partial charge in [0, 0.05) is 24.0 Å². The summed E-state index contributed by atoms with van der Waals surface area (Å²) in [6.07, 6.45) is 0. The van der Waals surface area contributed by atoms with Gasteiger partial charge >= 0.3 is 0 Å². The van der Waals surface area contributed by atoms with Gasteiger partial charge in [0.15, 0.2) is 0 Å². The molecule has 0 fully saturated rings. The van der Waals surface area contributed by atoms with Gasteiger partial charge in [0.25, 0.3) is 11.8 Å². The minimum atomic E-state index is -0.360. The molecule has 1 atom stereocenters. The SMILES string of the molecule is C=C1c2c(c(C)n(C)c2C(=O)Nc2ccc(F)c(C)c2)C(=O)NC1C. The number of rotatable bonds is 2. The first kappa shape index (κ1) is 17.0. The molecule has 0 bridgehead atoms. The highest BCUT2D eigenvalue weighted by atomic mass is 19.1. The van der Waals surface area contributed by atoms with Crippen molar-refractivity contribution in [2.24, 2.45) is 7.05 Å². The molecule has 0 spiro atoms. The lowest BCUT2D eigenvalue weighted by Gasteiger charge is -2.23. The van der Waals surface area contributed by atoms with Crippen LogP contribution < -0.4 is 10.6 Å². The van der Waals surface area contributed by atoms with Gasteiger partial charge in [0.2, 0.25) is 0 Å². The Morgan fingerprint density at radius 3 is 2.64 bits per heavy atom. The summed E-state index contributed by atoms with van der Waals surface area (Å²) in [4.78, 5) is 25.2. The molecule has 1 unspecified atom stereocenters. The van der Waals surface area contributed by atoms with Crippen LogP contribution in [0.3, 0.4) is 0 Å². The summed E-state index contributed by atoms with van der Waals surface area (Å²) in [5, 5.41) is 5.63. The quantitative estimate of drug-likeness (QED) is 0.881. The van der Waals surface area contributed by atoms with Crippen LogP contribution >= 0.6 is 0 Å². The van der Waals surface area contributed by atoms with Gasteiger partial charge in [-0.2, -0.15) is 0 Å². The van der Waals surface area contributed by atoms with E-state index >= 15 is 0 Å². The summed E-state index contributed by atoms with van der Waals surface area (Å²) in [7, 11) is 1.74. The van der Waals surface area contributed by atoms with Crippen molar-refractivity contribution in [3.8, 4) is 0 Å². The van der Waals surface area contributed by atoms with Gasteiger partial charge in [-0.3, -0.25) is 9.59 Å². The highest BCUT2D eigenvalue weighted by Crippen LogP contribution is 2.33. The van der Waals surface area contributed by atoms with Crippen molar-refractivity contribution in [2.75, 3.05) is 5.32 Å². The first-order chi connectivity index (χ1) is 11.7. The molecule has 1 aromatic carbocycles. The third-order valence-corrected chi connectivity index (χ3v) is 4.74. The van der Waals surface area contributed by atoms with Crippen LogP contribution in [0.4, 0.5) is 10.1 Å². The maximum atomic E-state index is 13.4. The number of aromatic nitrogens is 1. The normalized spacial score (nSPS) is 16.4. The van der Waals surface area contributed by atoms with Crippen LogP contribution in [-0.2, 0) is 7.05 Å². The van der Waals surface area contributed by atoms with Crippen LogP contribution in [-0.4, -0.2) is 22.4 Å². The highest BCUT2D eigenvalue weighted by Gasteiger charge is 2.34. The van der Waals surface area contributed by atoms with Crippen LogP contribution in [0.5, 0.6) is 0 Å². The maximum absolute atomic E-state index is 13.4. The topological polar surface area (TPSA) is 63.1 Å². The number of fused-ring (bicyclic) bond motifs is 1. The second-order valence-electron chi connectivity index (χ2n) is 6.38. The Bertz CT molecular complexity index is 927. The second kappa shape index (κ2) is 5.88. The highest BCUT2D eigenvalue weighted by molar-refractivity contribution is 6.13. The smallest absolute Gasteiger partial charge is 0.272 e. The summed E-state index contributed by atoms with van der Waals surface area (Å²) >= 11 is 0. The van der Waals surface area contributed by atoms with Gasteiger partial charge in [-0.1, -0.05) is 6.58 Å². The Kier molecular flexibility index (Phi) is 3.99. The molecule has 130 valence electrons. The van der Waals surface area contributed by atoms with E-state index in [-0.39, 0.29) is 23.7 Å². The van der Waals surface area contributed by atoms with Crippen molar-refractivity contribution in [3.63, 3.8) is 0 Å². The molecular formula is C19H20FN3O2. The fourth-order valence-electron chi connectivity index (χ4n) is 3.14.